The Balaban J connectivity index is 1.77. The van der Waals surface area contributed by atoms with Crippen molar-refractivity contribution in [3.63, 3.8) is 0 Å². The number of nitrogens with zero attached hydrogens (tertiary/aromatic N) is 3. The van der Waals surface area contributed by atoms with Crippen LogP contribution in [0, 0.1) is 6.92 Å². The van der Waals surface area contributed by atoms with Gasteiger partial charge in [-0.05, 0) is 19.1 Å². The number of amides is 1. The van der Waals surface area contributed by atoms with E-state index in [9.17, 15) is 9.59 Å². The minimum absolute atomic E-state index is 0.226. The maximum absolute atomic E-state index is 12.7. The molecule has 0 spiro atoms. The number of benzene rings is 1. The van der Waals surface area contributed by atoms with E-state index in [1.54, 1.807) is 20.1 Å². The second-order valence-electron chi connectivity index (χ2n) is 7.10. The van der Waals surface area contributed by atoms with Crippen LogP contribution in [0.3, 0.4) is 0 Å². The molecule has 0 unspecified atom stereocenters. The number of carbonyl (C=O) groups excluding carboxylic acids is 1. The summed E-state index contributed by atoms with van der Waals surface area (Å²) in [5.41, 5.74) is 1.47. The average molecular weight is 381 g/mol. The van der Waals surface area contributed by atoms with E-state index < -0.39 is 0 Å². The predicted molar refractivity (Wildman–Crippen MR) is 105 cm³/mol. The van der Waals surface area contributed by atoms with Gasteiger partial charge in [-0.25, -0.2) is 9.78 Å². The van der Waals surface area contributed by atoms with Crippen molar-refractivity contribution in [2.75, 3.05) is 13.7 Å². The van der Waals surface area contributed by atoms with Crippen molar-refractivity contribution in [3.05, 3.63) is 69.8 Å². The lowest BCUT2D eigenvalue weighted by Crippen LogP contribution is -2.37. The van der Waals surface area contributed by atoms with Gasteiger partial charge in [0, 0.05) is 23.6 Å². The molecular formula is C20H23N5O3. The van der Waals surface area contributed by atoms with Crippen molar-refractivity contribution in [2.45, 2.75) is 26.2 Å². The number of H-pyrrole nitrogens is 1. The maximum Gasteiger partial charge on any atom is 0.264 e. The molecule has 146 valence electrons. The molecule has 0 bridgehead atoms. The summed E-state index contributed by atoms with van der Waals surface area (Å²) in [5.74, 6) is 0.997. The van der Waals surface area contributed by atoms with Gasteiger partial charge >= 0.3 is 0 Å². The lowest BCUT2D eigenvalue weighted by molar-refractivity contribution is 0.0944. The number of aromatic nitrogens is 4. The summed E-state index contributed by atoms with van der Waals surface area (Å²) in [6.45, 7) is 6.30. The van der Waals surface area contributed by atoms with Crippen LogP contribution in [0.1, 0.15) is 35.5 Å². The molecule has 1 amide bonds. The molecule has 0 radical (unpaired) electrons. The zero-order chi connectivity index (χ0) is 20.3. The van der Waals surface area contributed by atoms with E-state index in [0.29, 0.717) is 23.6 Å². The summed E-state index contributed by atoms with van der Waals surface area (Å²) < 4.78 is 6.95. The summed E-state index contributed by atoms with van der Waals surface area (Å²) in [6.07, 6.45) is 1.49. The quantitative estimate of drug-likeness (QED) is 0.680. The van der Waals surface area contributed by atoms with Gasteiger partial charge in [0.2, 0.25) is 0 Å². The zero-order valence-corrected chi connectivity index (χ0v) is 16.3. The smallest absolute Gasteiger partial charge is 0.264 e. The third kappa shape index (κ3) is 3.80. The summed E-state index contributed by atoms with van der Waals surface area (Å²) in [7, 11) is 1.64. The standard InChI is InChI=1S/C20H23N5O3/c1-13-14(11-22-25(13)17-9-10-18(26)24-23-17)19(27)21-12-20(2,3)15-7-5-6-8-16(15)28-4/h5-11H,12H2,1-4H3,(H,21,27)(H,24,26). The van der Waals surface area contributed by atoms with Crippen LogP contribution < -0.4 is 15.6 Å². The molecule has 2 aromatic heterocycles. The number of hydrogen-bond donors (Lipinski definition) is 2. The topological polar surface area (TPSA) is 102 Å². The first kappa shape index (κ1) is 19.3. The Morgan fingerprint density at radius 2 is 2.00 bits per heavy atom. The number of hydrogen-bond acceptors (Lipinski definition) is 5. The minimum atomic E-state index is -0.327. The number of aromatic amines is 1. The Bertz CT molecular complexity index is 1030. The molecular weight excluding hydrogens is 358 g/mol. The SMILES string of the molecule is COc1ccccc1C(C)(C)CNC(=O)c1cnn(-c2ccc(=O)[nH]n2)c1C. The van der Waals surface area contributed by atoms with Gasteiger partial charge in [0.1, 0.15) is 5.75 Å². The van der Waals surface area contributed by atoms with Gasteiger partial charge in [-0.1, -0.05) is 32.0 Å². The summed E-state index contributed by atoms with van der Waals surface area (Å²) in [6, 6.07) is 10.7. The molecule has 0 saturated heterocycles. The molecule has 1 aromatic carbocycles. The first-order chi connectivity index (χ1) is 13.3. The molecule has 0 aliphatic carbocycles. The highest BCUT2D eigenvalue weighted by Gasteiger charge is 2.26. The third-order valence-electron chi connectivity index (χ3n) is 4.66. The minimum Gasteiger partial charge on any atom is -0.496 e. The van der Waals surface area contributed by atoms with Crippen LogP contribution in [0.2, 0.25) is 0 Å². The van der Waals surface area contributed by atoms with E-state index >= 15 is 0 Å². The van der Waals surface area contributed by atoms with E-state index in [0.717, 1.165) is 11.3 Å². The molecule has 3 aromatic rings. The van der Waals surface area contributed by atoms with Crippen LogP contribution in [0.4, 0.5) is 0 Å². The molecule has 2 N–H and O–H groups in total. The number of nitrogens with one attached hydrogen (secondary N) is 2. The molecule has 0 saturated carbocycles. The van der Waals surface area contributed by atoms with Gasteiger partial charge < -0.3 is 10.1 Å². The molecule has 0 fully saturated rings. The summed E-state index contributed by atoms with van der Waals surface area (Å²) in [5, 5.41) is 13.5. The van der Waals surface area contributed by atoms with Crippen molar-refractivity contribution in [1.29, 1.82) is 0 Å². The maximum atomic E-state index is 12.7. The first-order valence-corrected chi connectivity index (χ1v) is 8.86. The van der Waals surface area contributed by atoms with Crippen molar-refractivity contribution in [3.8, 4) is 11.6 Å². The highest BCUT2D eigenvalue weighted by Crippen LogP contribution is 2.30. The van der Waals surface area contributed by atoms with E-state index in [1.165, 1.54) is 16.9 Å². The fourth-order valence-corrected chi connectivity index (χ4v) is 3.01. The fourth-order valence-electron chi connectivity index (χ4n) is 3.01. The molecule has 28 heavy (non-hydrogen) atoms. The zero-order valence-electron chi connectivity index (χ0n) is 16.3. The number of rotatable bonds is 6. The Morgan fingerprint density at radius 3 is 2.68 bits per heavy atom. The average Bonchev–Trinajstić information content (AvgIpc) is 3.08. The number of methoxy groups -OCH3 is 1. The van der Waals surface area contributed by atoms with E-state index in [2.05, 4.69) is 20.6 Å². The van der Waals surface area contributed by atoms with Gasteiger partial charge in [-0.15, -0.1) is 0 Å². The van der Waals surface area contributed by atoms with E-state index in [4.69, 9.17) is 4.74 Å². The first-order valence-electron chi connectivity index (χ1n) is 8.86. The van der Waals surface area contributed by atoms with E-state index in [-0.39, 0.29) is 16.9 Å². The van der Waals surface area contributed by atoms with Crippen molar-refractivity contribution < 1.29 is 9.53 Å². The van der Waals surface area contributed by atoms with Crippen LogP contribution >= 0.6 is 0 Å². The second-order valence-corrected chi connectivity index (χ2v) is 7.10. The van der Waals surface area contributed by atoms with Crippen LogP contribution in [-0.2, 0) is 5.41 Å². The Kier molecular flexibility index (Phi) is 5.30. The van der Waals surface area contributed by atoms with Crippen LogP contribution in [0.25, 0.3) is 5.82 Å². The molecule has 8 heteroatoms. The normalized spacial score (nSPS) is 11.3. The third-order valence-corrected chi connectivity index (χ3v) is 4.66. The second kappa shape index (κ2) is 7.67. The van der Waals surface area contributed by atoms with Crippen LogP contribution in [0.15, 0.2) is 47.4 Å². The fraction of sp³-hybridized carbons (Fsp3) is 0.300. The molecule has 0 aliphatic rings. The van der Waals surface area contributed by atoms with E-state index in [1.807, 2.05) is 38.1 Å². The van der Waals surface area contributed by atoms with Crippen molar-refractivity contribution in [1.82, 2.24) is 25.3 Å². The lowest BCUT2D eigenvalue weighted by Gasteiger charge is -2.27. The molecule has 0 atom stereocenters. The summed E-state index contributed by atoms with van der Waals surface area (Å²) in [4.78, 5) is 23.9. The Hall–Kier alpha value is -3.42. The summed E-state index contributed by atoms with van der Waals surface area (Å²) >= 11 is 0. The van der Waals surface area contributed by atoms with Gasteiger partial charge in [-0.2, -0.15) is 10.2 Å². The molecule has 2 heterocycles. The number of ether oxygens (including phenoxy) is 1. The monoisotopic (exact) mass is 381 g/mol. The van der Waals surface area contributed by atoms with Crippen LogP contribution in [0.5, 0.6) is 5.75 Å². The Labute approximate surface area is 162 Å². The van der Waals surface area contributed by atoms with Gasteiger partial charge in [0.25, 0.3) is 11.5 Å². The lowest BCUT2D eigenvalue weighted by atomic mass is 9.84. The largest absolute Gasteiger partial charge is 0.496 e. The van der Waals surface area contributed by atoms with Gasteiger partial charge in [0.05, 0.1) is 24.6 Å². The Morgan fingerprint density at radius 1 is 1.25 bits per heavy atom. The van der Waals surface area contributed by atoms with Crippen LogP contribution in [-0.4, -0.2) is 39.5 Å². The van der Waals surface area contributed by atoms with Gasteiger partial charge in [-0.3, -0.25) is 9.59 Å². The van der Waals surface area contributed by atoms with Gasteiger partial charge in [0.15, 0.2) is 5.82 Å². The molecule has 8 nitrogen and oxygen atoms in total. The predicted octanol–water partition coefficient (Wildman–Crippen LogP) is 1.98. The highest BCUT2D eigenvalue weighted by molar-refractivity contribution is 5.95. The molecule has 3 rings (SSSR count). The number of para-hydroxylation sites is 1. The number of carbonyl (C=O) groups is 1. The molecule has 0 aliphatic heterocycles. The van der Waals surface area contributed by atoms with Crippen molar-refractivity contribution in [2.24, 2.45) is 0 Å². The van der Waals surface area contributed by atoms with Crippen molar-refractivity contribution >= 4 is 5.91 Å². The highest BCUT2D eigenvalue weighted by atomic mass is 16.5.